The van der Waals surface area contributed by atoms with Crippen molar-refractivity contribution < 1.29 is 4.92 Å². The van der Waals surface area contributed by atoms with Crippen LogP contribution in [0.25, 0.3) is 0 Å². The molecule has 2 rings (SSSR count). The average molecular weight is 242 g/mol. The first-order valence-corrected chi connectivity index (χ1v) is 5.44. The van der Waals surface area contributed by atoms with E-state index in [0.717, 1.165) is 24.9 Å². The Balaban J connectivity index is 2.44. The smallest absolute Gasteiger partial charge is 0.292 e. The lowest BCUT2D eigenvalue weighted by atomic mass is 10.0. The van der Waals surface area contributed by atoms with Crippen LogP contribution in [0.4, 0.5) is 11.4 Å². The lowest BCUT2D eigenvalue weighted by molar-refractivity contribution is -0.384. The molecule has 0 aliphatic carbocycles. The van der Waals surface area contributed by atoms with Crippen LogP contribution in [0.3, 0.4) is 0 Å². The van der Waals surface area contributed by atoms with Gasteiger partial charge in [-0.3, -0.25) is 10.1 Å². The molecule has 86 valence electrons. The van der Waals surface area contributed by atoms with Crippen LogP contribution in [0, 0.1) is 10.1 Å². The summed E-state index contributed by atoms with van der Waals surface area (Å²) in [7, 11) is 0. The standard InChI is InChI=1S/C10H12ClN3O2/c11-7-5-8(12)10(14(15)16)4-6(7)9-2-1-3-13-9/h4-5,9,13H,1-3,12H2/t9-/m0/s1. The fourth-order valence-corrected chi connectivity index (χ4v) is 2.27. The van der Waals surface area contributed by atoms with Crippen LogP contribution < -0.4 is 11.1 Å². The summed E-state index contributed by atoms with van der Waals surface area (Å²) in [5.74, 6) is 0. The van der Waals surface area contributed by atoms with E-state index in [-0.39, 0.29) is 17.4 Å². The summed E-state index contributed by atoms with van der Waals surface area (Å²) in [6, 6.07) is 3.03. The van der Waals surface area contributed by atoms with Gasteiger partial charge in [-0.2, -0.15) is 0 Å². The molecule has 1 aromatic rings. The van der Waals surface area contributed by atoms with Crippen molar-refractivity contribution in [3.63, 3.8) is 0 Å². The van der Waals surface area contributed by atoms with Gasteiger partial charge in [0.05, 0.1) is 4.92 Å². The highest BCUT2D eigenvalue weighted by atomic mass is 35.5. The zero-order chi connectivity index (χ0) is 11.7. The molecular formula is C10H12ClN3O2. The van der Waals surface area contributed by atoms with Crippen molar-refractivity contribution in [1.29, 1.82) is 0 Å². The molecule has 1 aromatic carbocycles. The number of hydrogen-bond donors (Lipinski definition) is 2. The van der Waals surface area contributed by atoms with Gasteiger partial charge in [0.2, 0.25) is 0 Å². The highest BCUT2D eigenvalue weighted by Gasteiger charge is 2.23. The van der Waals surface area contributed by atoms with Gasteiger partial charge in [0.25, 0.3) is 5.69 Å². The Kier molecular flexibility index (Phi) is 2.98. The maximum absolute atomic E-state index is 10.8. The second-order valence-corrected chi connectivity index (χ2v) is 4.25. The van der Waals surface area contributed by atoms with Crippen LogP contribution in [0.2, 0.25) is 5.02 Å². The minimum Gasteiger partial charge on any atom is -0.393 e. The van der Waals surface area contributed by atoms with Crippen LogP contribution in [-0.4, -0.2) is 11.5 Å². The lowest BCUT2D eigenvalue weighted by Gasteiger charge is -2.13. The van der Waals surface area contributed by atoms with Gasteiger partial charge in [0, 0.05) is 17.1 Å². The summed E-state index contributed by atoms with van der Waals surface area (Å²) >= 11 is 6.04. The number of hydrogen-bond acceptors (Lipinski definition) is 4. The zero-order valence-corrected chi connectivity index (χ0v) is 9.33. The van der Waals surface area contributed by atoms with E-state index < -0.39 is 4.92 Å². The summed E-state index contributed by atoms with van der Waals surface area (Å²) in [5.41, 5.74) is 6.34. The second kappa shape index (κ2) is 4.27. The summed E-state index contributed by atoms with van der Waals surface area (Å²) in [4.78, 5) is 10.3. The van der Waals surface area contributed by atoms with Gasteiger partial charge in [-0.05, 0) is 31.0 Å². The topological polar surface area (TPSA) is 81.2 Å². The largest absolute Gasteiger partial charge is 0.393 e. The zero-order valence-electron chi connectivity index (χ0n) is 8.57. The van der Waals surface area contributed by atoms with Crippen LogP contribution in [-0.2, 0) is 0 Å². The summed E-state index contributed by atoms with van der Waals surface area (Å²) in [5, 5.41) is 14.5. The molecule has 5 nitrogen and oxygen atoms in total. The Hall–Kier alpha value is -1.33. The number of nitrogens with zero attached hydrogens (tertiary/aromatic N) is 1. The van der Waals surface area contributed by atoms with Crippen LogP contribution >= 0.6 is 11.6 Å². The molecule has 1 aliphatic heterocycles. The molecule has 0 spiro atoms. The number of nitrogen functional groups attached to an aromatic ring is 1. The highest BCUT2D eigenvalue weighted by Crippen LogP contribution is 2.35. The Labute approximate surface area is 97.7 Å². The molecule has 0 unspecified atom stereocenters. The van der Waals surface area contributed by atoms with Crippen molar-refractivity contribution in [1.82, 2.24) is 5.32 Å². The third-order valence-electron chi connectivity index (χ3n) is 2.78. The quantitative estimate of drug-likeness (QED) is 0.473. The SMILES string of the molecule is Nc1cc(Cl)c([C@@H]2CCCN2)cc1[N+](=O)[O-]. The van der Waals surface area contributed by atoms with Crippen molar-refractivity contribution in [3.8, 4) is 0 Å². The number of rotatable bonds is 2. The molecule has 6 heteroatoms. The van der Waals surface area contributed by atoms with Gasteiger partial charge in [-0.25, -0.2) is 0 Å². The number of halogens is 1. The molecule has 1 atom stereocenters. The molecule has 3 N–H and O–H groups in total. The maximum Gasteiger partial charge on any atom is 0.292 e. The molecular weight excluding hydrogens is 230 g/mol. The summed E-state index contributed by atoms with van der Waals surface area (Å²) < 4.78 is 0. The molecule has 1 heterocycles. The molecule has 0 amide bonds. The Morgan fingerprint density at radius 2 is 2.31 bits per heavy atom. The fraction of sp³-hybridized carbons (Fsp3) is 0.400. The number of nitrogens with two attached hydrogens (primary N) is 1. The highest BCUT2D eigenvalue weighted by molar-refractivity contribution is 6.31. The molecule has 0 bridgehead atoms. The third kappa shape index (κ3) is 1.96. The van der Waals surface area contributed by atoms with Crippen LogP contribution in [0.15, 0.2) is 12.1 Å². The van der Waals surface area contributed by atoms with Crippen molar-refractivity contribution in [2.45, 2.75) is 18.9 Å². The van der Waals surface area contributed by atoms with Crippen LogP contribution in [0.5, 0.6) is 0 Å². The molecule has 16 heavy (non-hydrogen) atoms. The summed E-state index contributed by atoms with van der Waals surface area (Å²) in [6.45, 7) is 0.916. The first-order valence-electron chi connectivity index (χ1n) is 5.06. The second-order valence-electron chi connectivity index (χ2n) is 3.84. The Bertz CT molecular complexity index is 430. The van der Waals surface area contributed by atoms with Gasteiger partial charge in [-0.15, -0.1) is 0 Å². The van der Waals surface area contributed by atoms with E-state index in [1.807, 2.05) is 0 Å². The van der Waals surface area contributed by atoms with E-state index in [1.165, 1.54) is 12.1 Å². The number of nitro benzene ring substituents is 1. The minimum absolute atomic E-state index is 0.0758. The van der Waals surface area contributed by atoms with Crippen molar-refractivity contribution >= 4 is 23.0 Å². The Morgan fingerprint density at radius 1 is 1.56 bits per heavy atom. The molecule has 1 saturated heterocycles. The first kappa shape index (κ1) is 11.2. The monoisotopic (exact) mass is 241 g/mol. The predicted octanol–water partition coefficient (Wildman–Crippen LogP) is 2.25. The van der Waals surface area contributed by atoms with E-state index in [4.69, 9.17) is 17.3 Å². The third-order valence-corrected chi connectivity index (χ3v) is 3.11. The average Bonchev–Trinajstić information content (AvgIpc) is 2.70. The predicted molar refractivity (Wildman–Crippen MR) is 62.5 cm³/mol. The number of benzene rings is 1. The van der Waals surface area contributed by atoms with Gasteiger partial charge >= 0.3 is 0 Å². The van der Waals surface area contributed by atoms with Crippen molar-refractivity contribution in [2.24, 2.45) is 0 Å². The maximum atomic E-state index is 10.8. The molecule has 1 fully saturated rings. The normalized spacial score (nSPS) is 19.9. The van der Waals surface area contributed by atoms with E-state index in [0.29, 0.717) is 5.02 Å². The number of anilines is 1. The van der Waals surface area contributed by atoms with E-state index in [1.54, 1.807) is 0 Å². The van der Waals surface area contributed by atoms with E-state index in [9.17, 15) is 10.1 Å². The fourth-order valence-electron chi connectivity index (χ4n) is 1.97. The minimum atomic E-state index is -0.482. The summed E-state index contributed by atoms with van der Waals surface area (Å²) in [6.07, 6.45) is 2.00. The van der Waals surface area contributed by atoms with Gasteiger partial charge < -0.3 is 11.1 Å². The van der Waals surface area contributed by atoms with Crippen LogP contribution in [0.1, 0.15) is 24.4 Å². The van der Waals surface area contributed by atoms with Gasteiger partial charge in [0.15, 0.2) is 0 Å². The van der Waals surface area contributed by atoms with Crippen molar-refractivity contribution in [2.75, 3.05) is 12.3 Å². The molecule has 0 radical (unpaired) electrons. The van der Waals surface area contributed by atoms with Gasteiger partial charge in [0.1, 0.15) is 5.69 Å². The lowest BCUT2D eigenvalue weighted by Crippen LogP contribution is -2.13. The Morgan fingerprint density at radius 3 is 2.88 bits per heavy atom. The molecule has 0 aromatic heterocycles. The molecule has 1 aliphatic rings. The number of nitro groups is 1. The van der Waals surface area contributed by atoms with E-state index in [2.05, 4.69) is 5.32 Å². The first-order chi connectivity index (χ1) is 7.59. The number of nitrogens with one attached hydrogen (secondary N) is 1. The molecule has 0 saturated carbocycles. The van der Waals surface area contributed by atoms with Gasteiger partial charge in [-0.1, -0.05) is 11.6 Å². The van der Waals surface area contributed by atoms with Crippen molar-refractivity contribution in [3.05, 3.63) is 32.8 Å². The van der Waals surface area contributed by atoms with E-state index >= 15 is 0 Å².